The van der Waals surface area contributed by atoms with Crippen molar-refractivity contribution in [2.45, 2.75) is 58.0 Å². The van der Waals surface area contributed by atoms with Gasteiger partial charge in [0.2, 0.25) is 0 Å². The number of nitrogens with zero attached hydrogens (tertiary/aromatic N) is 3. The highest BCUT2D eigenvalue weighted by atomic mass is 15.6. The van der Waals surface area contributed by atoms with Gasteiger partial charge >= 0.3 is 0 Å². The van der Waals surface area contributed by atoms with E-state index in [4.69, 9.17) is 0 Å². The molecule has 1 aromatic heterocycles. The highest BCUT2D eigenvalue weighted by Gasteiger charge is 2.41. The Hall–Kier alpha value is -2.46. The Morgan fingerprint density at radius 3 is 2.22 bits per heavy atom. The number of hydrogen-bond donors (Lipinski definition) is 1. The van der Waals surface area contributed by atoms with Crippen molar-refractivity contribution in [1.82, 2.24) is 15.2 Å². The van der Waals surface area contributed by atoms with Gasteiger partial charge in [-0.2, -0.15) is 0 Å². The Kier molecular flexibility index (Phi) is 4.39. The van der Waals surface area contributed by atoms with E-state index in [1.165, 1.54) is 30.0 Å². The zero-order valence-electron chi connectivity index (χ0n) is 16.7. The number of rotatable bonds is 3. The van der Waals surface area contributed by atoms with Gasteiger partial charge in [0.1, 0.15) is 0 Å². The monoisotopic (exact) mass is 360 g/mol. The van der Waals surface area contributed by atoms with Gasteiger partial charge in [-0.05, 0) is 69.9 Å². The molecule has 0 radical (unpaired) electrons. The van der Waals surface area contributed by atoms with Crippen molar-refractivity contribution in [2.75, 3.05) is 5.43 Å². The Morgan fingerprint density at radius 2 is 1.52 bits per heavy atom. The van der Waals surface area contributed by atoms with Gasteiger partial charge < -0.3 is 5.43 Å². The van der Waals surface area contributed by atoms with E-state index in [9.17, 15) is 0 Å². The molecule has 3 aromatic rings. The Morgan fingerprint density at radius 1 is 0.815 bits per heavy atom. The van der Waals surface area contributed by atoms with Gasteiger partial charge in [0.25, 0.3) is 0 Å². The van der Waals surface area contributed by atoms with Gasteiger partial charge in [0.15, 0.2) is 5.82 Å². The molecule has 4 heteroatoms. The molecule has 0 atom stereocenters. The molecular formula is C23H28N4. The summed E-state index contributed by atoms with van der Waals surface area (Å²) < 4.78 is 0. The minimum atomic E-state index is 0.0811. The number of benzene rings is 2. The maximum Gasteiger partial charge on any atom is 0.163 e. The van der Waals surface area contributed by atoms with E-state index in [0.29, 0.717) is 0 Å². The second kappa shape index (κ2) is 6.61. The van der Waals surface area contributed by atoms with Crippen LogP contribution in [0.5, 0.6) is 0 Å². The van der Waals surface area contributed by atoms with Gasteiger partial charge in [0.05, 0.1) is 5.69 Å². The third-order valence-corrected chi connectivity index (χ3v) is 5.74. The topological polar surface area (TPSA) is 41.0 Å². The van der Waals surface area contributed by atoms with Gasteiger partial charge in [-0.1, -0.05) is 42.5 Å². The molecule has 27 heavy (non-hydrogen) atoms. The molecule has 1 N–H and O–H groups in total. The predicted molar refractivity (Wildman–Crippen MR) is 112 cm³/mol. The molecule has 2 heterocycles. The zero-order valence-corrected chi connectivity index (χ0v) is 16.7. The largest absolute Gasteiger partial charge is 0.301 e. The minimum Gasteiger partial charge on any atom is -0.301 e. The maximum atomic E-state index is 4.52. The lowest BCUT2D eigenvalue weighted by Crippen LogP contribution is -2.61. The van der Waals surface area contributed by atoms with Crippen LogP contribution in [0.25, 0.3) is 22.0 Å². The highest BCUT2D eigenvalue weighted by Crippen LogP contribution is 2.38. The first-order valence-corrected chi connectivity index (χ1v) is 9.76. The van der Waals surface area contributed by atoms with Crippen LogP contribution in [0.15, 0.2) is 54.6 Å². The smallest absolute Gasteiger partial charge is 0.163 e. The van der Waals surface area contributed by atoms with Crippen molar-refractivity contribution < 1.29 is 0 Å². The minimum absolute atomic E-state index is 0.0811. The van der Waals surface area contributed by atoms with Crippen molar-refractivity contribution >= 4 is 16.6 Å². The second-order valence-electron chi connectivity index (χ2n) is 8.76. The molecule has 1 saturated heterocycles. The molecule has 1 aliphatic rings. The summed E-state index contributed by atoms with van der Waals surface area (Å²) in [6.07, 6.45) is 3.60. The number of anilines is 1. The van der Waals surface area contributed by atoms with Crippen LogP contribution < -0.4 is 5.43 Å². The summed E-state index contributed by atoms with van der Waals surface area (Å²) in [6.45, 7) is 9.16. The van der Waals surface area contributed by atoms with E-state index in [-0.39, 0.29) is 11.1 Å². The SMILES string of the molecule is CC1(C)CCCC(C)(C)N1Nc1ccc(-c2cccc3ccccc23)nn1. The van der Waals surface area contributed by atoms with Crippen LogP contribution in [0.2, 0.25) is 0 Å². The number of hydrazine groups is 1. The van der Waals surface area contributed by atoms with Crippen LogP contribution >= 0.6 is 0 Å². The average Bonchev–Trinajstić information content (AvgIpc) is 2.65. The van der Waals surface area contributed by atoms with Gasteiger partial charge in [-0.3, -0.25) is 0 Å². The Bertz CT molecular complexity index is 923. The first-order valence-electron chi connectivity index (χ1n) is 9.76. The Balaban J connectivity index is 1.63. The number of hydrogen-bond acceptors (Lipinski definition) is 4. The third-order valence-electron chi connectivity index (χ3n) is 5.74. The first kappa shape index (κ1) is 17.9. The molecule has 1 aliphatic heterocycles. The van der Waals surface area contributed by atoms with E-state index < -0.39 is 0 Å². The average molecular weight is 361 g/mol. The van der Waals surface area contributed by atoms with E-state index in [2.05, 4.69) is 96.9 Å². The summed E-state index contributed by atoms with van der Waals surface area (Å²) in [7, 11) is 0. The maximum absolute atomic E-state index is 4.52. The van der Waals surface area contributed by atoms with Crippen molar-refractivity contribution in [1.29, 1.82) is 0 Å². The van der Waals surface area contributed by atoms with Crippen LogP contribution in [-0.4, -0.2) is 26.3 Å². The van der Waals surface area contributed by atoms with Crippen LogP contribution in [0.4, 0.5) is 5.82 Å². The molecular weight excluding hydrogens is 332 g/mol. The van der Waals surface area contributed by atoms with Gasteiger partial charge in [0, 0.05) is 16.6 Å². The highest BCUT2D eigenvalue weighted by molar-refractivity contribution is 5.95. The lowest BCUT2D eigenvalue weighted by Gasteiger charge is -2.52. The molecule has 2 aromatic carbocycles. The fraction of sp³-hybridized carbons (Fsp3) is 0.391. The number of nitrogens with one attached hydrogen (secondary N) is 1. The zero-order chi connectivity index (χ0) is 19.1. The fourth-order valence-corrected chi connectivity index (χ4v) is 4.40. The standard InChI is InChI=1S/C23H28N4/c1-22(2)15-8-16-23(3,4)27(22)26-21-14-13-20(24-25-21)19-12-7-10-17-9-5-6-11-18(17)19/h5-7,9-14H,8,15-16H2,1-4H3,(H,25,26). The summed E-state index contributed by atoms with van der Waals surface area (Å²) in [6, 6.07) is 18.8. The summed E-state index contributed by atoms with van der Waals surface area (Å²) in [4.78, 5) is 0. The van der Waals surface area contributed by atoms with Crippen molar-refractivity contribution in [2.24, 2.45) is 0 Å². The number of aromatic nitrogens is 2. The molecule has 0 unspecified atom stereocenters. The summed E-state index contributed by atoms with van der Waals surface area (Å²) in [5.41, 5.74) is 5.71. The molecule has 0 spiro atoms. The van der Waals surface area contributed by atoms with E-state index in [1.54, 1.807) is 0 Å². The number of fused-ring (bicyclic) bond motifs is 1. The summed E-state index contributed by atoms with van der Waals surface area (Å²) in [5, 5.41) is 13.8. The molecule has 0 amide bonds. The molecule has 1 fully saturated rings. The Labute approximate surface area is 161 Å². The molecule has 140 valence electrons. The quantitative estimate of drug-likeness (QED) is 0.653. The van der Waals surface area contributed by atoms with E-state index in [0.717, 1.165) is 17.1 Å². The molecule has 0 aliphatic carbocycles. The lowest BCUT2D eigenvalue weighted by atomic mass is 9.81. The predicted octanol–water partition coefficient (Wildman–Crippen LogP) is 5.67. The normalized spacial score (nSPS) is 19.1. The van der Waals surface area contributed by atoms with Crippen LogP contribution in [0.3, 0.4) is 0 Å². The second-order valence-corrected chi connectivity index (χ2v) is 8.76. The molecule has 0 bridgehead atoms. The van der Waals surface area contributed by atoms with Gasteiger partial charge in [-0.15, -0.1) is 10.2 Å². The van der Waals surface area contributed by atoms with Crippen LogP contribution in [-0.2, 0) is 0 Å². The van der Waals surface area contributed by atoms with Gasteiger partial charge in [-0.25, -0.2) is 5.01 Å². The van der Waals surface area contributed by atoms with Crippen LogP contribution in [0, 0.1) is 0 Å². The lowest BCUT2D eigenvalue weighted by molar-refractivity contribution is -0.00363. The molecule has 0 saturated carbocycles. The molecule has 4 rings (SSSR count). The summed E-state index contributed by atoms with van der Waals surface area (Å²) >= 11 is 0. The van der Waals surface area contributed by atoms with Crippen molar-refractivity contribution in [3.05, 3.63) is 54.6 Å². The van der Waals surface area contributed by atoms with Crippen molar-refractivity contribution in [3.8, 4) is 11.3 Å². The van der Waals surface area contributed by atoms with E-state index >= 15 is 0 Å². The first-order chi connectivity index (χ1) is 12.9. The number of piperidine rings is 1. The van der Waals surface area contributed by atoms with Crippen molar-refractivity contribution in [3.63, 3.8) is 0 Å². The third kappa shape index (κ3) is 3.42. The van der Waals surface area contributed by atoms with Crippen LogP contribution in [0.1, 0.15) is 47.0 Å². The van der Waals surface area contributed by atoms with E-state index in [1.807, 2.05) is 6.07 Å². The fourth-order valence-electron chi connectivity index (χ4n) is 4.40. The summed E-state index contributed by atoms with van der Waals surface area (Å²) in [5.74, 6) is 0.794. The molecule has 4 nitrogen and oxygen atoms in total.